The minimum absolute atomic E-state index is 0.232. The fourth-order valence-corrected chi connectivity index (χ4v) is 1.38. The fourth-order valence-electron chi connectivity index (χ4n) is 0.618. The lowest BCUT2D eigenvalue weighted by Crippen LogP contribution is -2.46. The summed E-state index contributed by atoms with van der Waals surface area (Å²) in [7, 11) is 0. The van der Waals surface area contributed by atoms with Crippen LogP contribution in [0, 0.1) is 5.92 Å². The zero-order valence-electron chi connectivity index (χ0n) is 8.33. The van der Waals surface area contributed by atoms with Gasteiger partial charge in [0.05, 0.1) is 12.5 Å². The summed E-state index contributed by atoms with van der Waals surface area (Å²) in [6.45, 7) is 0.440. The predicted octanol–water partition coefficient (Wildman–Crippen LogP) is -0.933. The number of hydrogen-bond acceptors (Lipinski definition) is 7. The molecule has 0 aromatic carbocycles. The second kappa shape index (κ2) is 6.59. The Morgan fingerprint density at radius 3 is 2.27 bits per heavy atom. The average molecular weight is 256 g/mol. The number of esters is 1. The Balaban J connectivity index is 4.29. The van der Waals surface area contributed by atoms with Gasteiger partial charge in [0.1, 0.15) is 5.60 Å². The molecule has 0 spiro atoms. The topological polar surface area (TPSA) is 87.0 Å². The summed E-state index contributed by atoms with van der Waals surface area (Å²) in [6, 6.07) is 0. The van der Waals surface area contributed by atoms with E-state index in [9.17, 15) is 15.0 Å². The number of carbonyl (C=O) groups is 1. The minimum atomic E-state index is -1.87. The molecule has 0 saturated heterocycles. The molecule has 0 fully saturated rings. The summed E-state index contributed by atoms with van der Waals surface area (Å²) in [5.41, 5.74) is -1.87. The lowest BCUT2D eigenvalue weighted by molar-refractivity contribution is -0.220. The van der Waals surface area contributed by atoms with E-state index < -0.39 is 30.4 Å². The van der Waals surface area contributed by atoms with Crippen molar-refractivity contribution in [1.82, 2.24) is 0 Å². The van der Waals surface area contributed by atoms with Gasteiger partial charge in [-0.1, -0.05) is 0 Å². The van der Waals surface area contributed by atoms with Gasteiger partial charge >= 0.3 is 5.97 Å². The van der Waals surface area contributed by atoms with Crippen molar-refractivity contribution in [3.05, 3.63) is 0 Å². The Hall–Kier alpha value is 0.0500. The second-order valence-electron chi connectivity index (χ2n) is 3.37. The van der Waals surface area contributed by atoms with Gasteiger partial charge in [0.2, 0.25) is 6.29 Å². The van der Waals surface area contributed by atoms with Crippen molar-refractivity contribution in [2.24, 2.45) is 5.92 Å². The van der Waals surface area contributed by atoms with E-state index in [-0.39, 0.29) is 11.5 Å². The lowest BCUT2D eigenvalue weighted by Gasteiger charge is -2.27. The molecule has 0 amide bonds. The van der Waals surface area contributed by atoms with Crippen molar-refractivity contribution in [2.75, 3.05) is 18.1 Å². The highest BCUT2D eigenvalue weighted by molar-refractivity contribution is 7.81. The van der Waals surface area contributed by atoms with Crippen LogP contribution in [0.15, 0.2) is 0 Å². The maximum atomic E-state index is 11.3. The molecule has 2 atom stereocenters. The number of thiol groups is 2. The number of aliphatic hydroxyl groups is 3. The first-order chi connectivity index (χ1) is 6.88. The van der Waals surface area contributed by atoms with Gasteiger partial charge in [0.25, 0.3) is 0 Å². The quantitative estimate of drug-likeness (QED) is 0.241. The van der Waals surface area contributed by atoms with E-state index >= 15 is 0 Å². The maximum Gasteiger partial charge on any atom is 0.313 e. The molecule has 0 heterocycles. The molecular weight excluding hydrogens is 240 g/mol. The van der Waals surface area contributed by atoms with Gasteiger partial charge in [0.15, 0.2) is 0 Å². The molecule has 0 aliphatic heterocycles. The van der Waals surface area contributed by atoms with E-state index in [0.717, 1.165) is 6.92 Å². The molecule has 2 unspecified atom stereocenters. The molecule has 0 aromatic heterocycles. The van der Waals surface area contributed by atoms with Crippen molar-refractivity contribution in [2.45, 2.75) is 18.8 Å². The van der Waals surface area contributed by atoms with Crippen LogP contribution < -0.4 is 0 Å². The minimum Gasteiger partial charge on any atom is -0.432 e. The van der Waals surface area contributed by atoms with Gasteiger partial charge in [0, 0.05) is 11.5 Å². The summed E-state index contributed by atoms with van der Waals surface area (Å²) in [4.78, 5) is 11.3. The summed E-state index contributed by atoms with van der Waals surface area (Å²) in [5.74, 6) is -0.797. The third-order valence-corrected chi connectivity index (χ3v) is 2.74. The van der Waals surface area contributed by atoms with Crippen LogP contribution in [0.5, 0.6) is 0 Å². The first-order valence-electron chi connectivity index (χ1n) is 4.32. The van der Waals surface area contributed by atoms with Crippen LogP contribution in [0.4, 0.5) is 0 Å². The predicted molar refractivity (Wildman–Crippen MR) is 61.0 cm³/mol. The smallest absolute Gasteiger partial charge is 0.313 e. The Labute approximate surface area is 99.3 Å². The molecule has 0 bridgehead atoms. The highest BCUT2D eigenvalue weighted by Crippen LogP contribution is 2.13. The fraction of sp³-hybridized carbons (Fsp3) is 0.875. The zero-order chi connectivity index (χ0) is 12.1. The Morgan fingerprint density at radius 2 is 1.93 bits per heavy atom. The highest BCUT2D eigenvalue weighted by Gasteiger charge is 2.34. The van der Waals surface area contributed by atoms with Gasteiger partial charge in [-0.05, 0) is 6.92 Å². The third-order valence-electron chi connectivity index (χ3n) is 1.85. The van der Waals surface area contributed by atoms with Gasteiger partial charge in [-0.25, -0.2) is 0 Å². The molecular formula is C8H16O5S2. The van der Waals surface area contributed by atoms with Gasteiger partial charge in [-0.3, -0.25) is 4.79 Å². The molecule has 0 saturated carbocycles. The van der Waals surface area contributed by atoms with Crippen molar-refractivity contribution in [3.63, 3.8) is 0 Å². The summed E-state index contributed by atoms with van der Waals surface area (Å²) in [6.07, 6.45) is -1.77. The molecule has 5 nitrogen and oxygen atoms in total. The molecule has 15 heavy (non-hydrogen) atoms. The molecule has 7 heteroatoms. The van der Waals surface area contributed by atoms with Crippen molar-refractivity contribution in [3.8, 4) is 0 Å². The van der Waals surface area contributed by atoms with Gasteiger partial charge in [-0.2, -0.15) is 25.3 Å². The van der Waals surface area contributed by atoms with E-state index in [1.807, 2.05) is 0 Å². The van der Waals surface area contributed by atoms with Gasteiger partial charge < -0.3 is 20.1 Å². The van der Waals surface area contributed by atoms with Crippen LogP contribution in [0.2, 0.25) is 0 Å². The molecule has 0 aromatic rings. The number of ether oxygens (including phenoxy) is 1. The van der Waals surface area contributed by atoms with Crippen LogP contribution in [0.25, 0.3) is 0 Å². The molecule has 0 aliphatic rings. The molecule has 0 radical (unpaired) electrons. The van der Waals surface area contributed by atoms with E-state index in [1.54, 1.807) is 0 Å². The van der Waals surface area contributed by atoms with Crippen molar-refractivity contribution in [1.29, 1.82) is 0 Å². The molecule has 90 valence electrons. The Morgan fingerprint density at radius 1 is 1.47 bits per heavy atom. The third kappa shape index (κ3) is 4.60. The summed E-state index contributed by atoms with van der Waals surface area (Å²) >= 11 is 7.82. The van der Waals surface area contributed by atoms with Crippen LogP contribution in [0.3, 0.4) is 0 Å². The zero-order valence-corrected chi connectivity index (χ0v) is 10.1. The standard InChI is InChI=1S/C8H16O5S2/c1-8(12,4-9)7(11)13-6(10)5(2-14)3-15/h5,7,9,11-12,14-15H,2-4H2,1H3. The Bertz CT molecular complexity index is 205. The van der Waals surface area contributed by atoms with Crippen LogP contribution in [0.1, 0.15) is 6.92 Å². The van der Waals surface area contributed by atoms with Crippen molar-refractivity contribution >= 4 is 31.2 Å². The SMILES string of the molecule is CC(O)(CO)C(O)OC(=O)C(CS)CS. The number of carbonyl (C=O) groups excluding carboxylic acids is 1. The van der Waals surface area contributed by atoms with Crippen LogP contribution in [-0.4, -0.2) is 51.3 Å². The summed E-state index contributed by atoms with van der Waals surface area (Å²) in [5, 5.41) is 27.3. The van der Waals surface area contributed by atoms with Crippen LogP contribution >= 0.6 is 25.3 Å². The normalized spacial score (nSPS) is 17.3. The van der Waals surface area contributed by atoms with E-state index in [0.29, 0.717) is 0 Å². The van der Waals surface area contributed by atoms with E-state index in [1.165, 1.54) is 0 Å². The largest absolute Gasteiger partial charge is 0.432 e. The molecule has 0 rings (SSSR count). The monoisotopic (exact) mass is 256 g/mol. The maximum absolute atomic E-state index is 11.3. The average Bonchev–Trinajstić information content (AvgIpc) is 2.19. The van der Waals surface area contributed by atoms with Crippen molar-refractivity contribution < 1.29 is 24.9 Å². The first kappa shape index (κ1) is 15.0. The van der Waals surface area contributed by atoms with E-state index in [2.05, 4.69) is 30.0 Å². The number of rotatable bonds is 6. The van der Waals surface area contributed by atoms with Gasteiger partial charge in [-0.15, -0.1) is 0 Å². The lowest BCUT2D eigenvalue weighted by atomic mass is 10.1. The first-order valence-corrected chi connectivity index (χ1v) is 5.59. The number of hydrogen-bond donors (Lipinski definition) is 5. The van der Waals surface area contributed by atoms with Crippen LogP contribution in [-0.2, 0) is 9.53 Å². The molecule has 0 aliphatic carbocycles. The summed E-state index contributed by atoms with van der Waals surface area (Å²) < 4.78 is 4.56. The number of aliphatic hydroxyl groups excluding tert-OH is 2. The molecule has 3 N–H and O–H groups in total. The highest BCUT2D eigenvalue weighted by atomic mass is 32.1. The Kier molecular flexibility index (Phi) is 6.62. The second-order valence-corrected chi connectivity index (χ2v) is 4.10. The van der Waals surface area contributed by atoms with E-state index in [4.69, 9.17) is 5.11 Å².